The van der Waals surface area contributed by atoms with E-state index in [2.05, 4.69) is 5.32 Å². The molecule has 2 rings (SSSR count). The van der Waals surface area contributed by atoms with Crippen LogP contribution in [-0.4, -0.2) is 19.0 Å². The van der Waals surface area contributed by atoms with E-state index in [9.17, 15) is 9.18 Å². The molecule has 0 bridgehead atoms. The third-order valence-electron chi connectivity index (χ3n) is 2.69. The molecule has 1 unspecified atom stereocenters. The van der Waals surface area contributed by atoms with Crippen LogP contribution in [0.25, 0.3) is 0 Å². The quantitative estimate of drug-likeness (QED) is 0.765. The van der Waals surface area contributed by atoms with E-state index in [1.54, 1.807) is 19.2 Å². The van der Waals surface area contributed by atoms with Crippen molar-refractivity contribution in [2.45, 2.75) is 19.4 Å². The maximum absolute atomic E-state index is 13.5. The van der Waals surface area contributed by atoms with E-state index in [0.717, 1.165) is 0 Å². The zero-order valence-corrected chi connectivity index (χ0v) is 8.75. The average Bonchev–Trinajstić information content (AvgIpc) is 2.23. The van der Waals surface area contributed by atoms with E-state index in [-0.39, 0.29) is 17.8 Å². The van der Waals surface area contributed by atoms with Crippen molar-refractivity contribution in [3.63, 3.8) is 0 Å². The number of hydrogen-bond donors (Lipinski definition) is 1. The van der Waals surface area contributed by atoms with E-state index in [4.69, 9.17) is 0 Å². The van der Waals surface area contributed by atoms with Crippen LogP contribution in [0.1, 0.15) is 13.3 Å². The maximum Gasteiger partial charge on any atom is 0.249 e. The van der Waals surface area contributed by atoms with Crippen molar-refractivity contribution < 1.29 is 9.18 Å². The fourth-order valence-electron chi connectivity index (χ4n) is 1.84. The first kappa shape index (κ1) is 9.96. The Morgan fingerprint density at radius 1 is 1.53 bits per heavy atom. The fraction of sp³-hybridized carbons (Fsp3) is 0.364. The van der Waals surface area contributed by atoms with Crippen LogP contribution in [0.5, 0.6) is 0 Å². The van der Waals surface area contributed by atoms with Gasteiger partial charge in [-0.1, -0.05) is 13.0 Å². The Kier molecular flexibility index (Phi) is 2.34. The standard InChI is InChI=1S/C11H13FN2O/c1-3-8-11(15)14(2)10-7(12)5-4-6-9(10)13-8/h4-6,8,13H,3H2,1-2H3. The van der Waals surface area contributed by atoms with Gasteiger partial charge in [-0.15, -0.1) is 0 Å². The van der Waals surface area contributed by atoms with Crippen LogP contribution in [0.3, 0.4) is 0 Å². The molecule has 4 heteroatoms. The Morgan fingerprint density at radius 2 is 2.27 bits per heavy atom. The summed E-state index contributed by atoms with van der Waals surface area (Å²) < 4.78 is 13.5. The first-order chi connectivity index (χ1) is 7.15. The van der Waals surface area contributed by atoms with Crippen LogP contribution in [-0.2, 0) is 4.79 Å². The van der Waals surface area contributed by atoms with Crippen molar-refractivity contribution >= 4 is 17.3 Å². The van der Waals surface area contributed by atoms with E-state index < -0.39 is 0 Å². The molecule has 1 aromatic carbocycles. The van der Waals surface area contributed by atoms with Gasteiger partial charge in [0, 0.05) is 7.05 Å². The third-order valence-corrected chi connectivity index (χ3v) is 2.69. The molecule has 0 saturated carbocycles. The van der Waals surface area contributed by atoms with Gasteiger partial charge in [-0.05, 0) is 18.6 Å². The first-order valence-corrected chi connectivity index (χ1v) is 4.97. The van der Waals surface area contributed by atoms with Gasteiger partial charge >= 0.3 is 0 Å². The lowest BCUT2D eigenvalue weighted by molar-refractivity contribution is -0.119. The number of halogens is 1. The van der Waals surface area contributed by atoms with E-state index in [1.807, 2.05) is 6.92 Å². The summed E-state index contributed by atoms with van der Waals surface area (Å²) in [7, 11) is 1.60. The number of para-hydroxylation sites is 1. The Morgan fingerprint density at radius 3 is 2.93 bits per heavy atom. The number of carbonyl (C=O) groups is 1. The number of amides is 1. The number of hydrogen-bond acceptors (Lipinski definition) is 2. The SMILES string of the molecule is CCC1Nc2cccc(F)c2N(C)C1=O. The van der Waals surface area contributed by atoms with E-state index in [1.165, 1.54) is 11.0 Å². The van der Waals surface area contributed by atoms with Crippen LogP contribution in [0.15, 0.2) is 18.2 Å². The van der Waals surface area contributed by atoms with Crippen LogP contribution < -0.4 is 10.2 Å². The van der Waals surface area contributed by atoms with Gasteiger partial charge in [-0.2, -0.15) is 0 Å². The van der Waals surface area contributed by atoms with Crippen LogP contribution in [0.2, 0.25) is 0 Å². The van der Waals surface area contributed by atoms with Crippen molar-refractivity contribution in [2.75, 3.05) is 17.3 Å². The Labute approximate surface area is 87.9 Å². The third kappa shape index (κ3) is 1.46. The van der Waals surface area contributed by atoms with Crippen LogP contribution >= 0.6 is 0 Å². The number of likely N-dealkylation sites (N-methyl/N-ethyl adjacent to an activating group) is 1. The number of benzene rings is 1. The minimum Gasteiger partial charge on any atom is -0.372 e. The maximum atomic E-state index is 13.5. The van der Waals surface area contributed by atoms with Gasteiger partial charge in [0.1, 0.15) is 17.5 Å². The van der Waals surface area contributed by atoms with E-state index in [0.29, 0.717) is 17.8 Å². The number of fused-ring (bicyclic) bond motifs is 1. The zero-order valence-electron chi connectivity index (χ0n) is 8.75. The van der Waals surface area contributed by atoms with Crippen LogP contribution in [0, 0.1) is 5.82 Å². The topological polar surface area (TPSA) is 32.3 Å². The average molecular weight is 208 g/mol. The summed E-state index contributed by atoms with van der Waals surface area (Å²) in [5.74, 6) is -0.458. The molecule has 3 nitrogen and oxygen atoms in total. The number of anilines is 2. The summed E-state index contributed by atoms with van der Waals surface area (Å²) in [5, 5.41) is 3.04. The normalized spacial score (nSPS) is 19.8. The summed E-state index contributed by atoms with van der Waals surface area (Å²) in [5.41, 5.74) is 1.02. The second kappa shape index (κ2) is 3.53. The van der Waals surface area contributed by atoms with Gasteiger partial charge in [-0.25, -0.2) is 4.39 Å². The molecule has 0 aliphatic carbocycles. The predicted octanol–water partition coefficient (Wildman–Crippen LogP) is 1.99. The lowest BCUT2D eigenvalue weighted by Crippen LogP contribution is -2.45. The highest BCUT2D eigenvalue weighted by Crippen LogP contribution is 2.33. The molecule has 1 aromatic rings. The second-order valence-corrected chi connectivity index (χ2v) is 3.64. The summed E-state index contributed by atoms with van der Waals surface area (Å²) in [4.78, 5) is 13.2. The molecule has 0 saturated heterocycles. The number of carbonyl (C=O) groups excluding carboxylic acids is 1. The molecule has 1 N–H and O–H groups in total. The highest BCUT2D eigenvalue weighted by atomic mass is 19.1. The van der Waals surface area contributed by atoms with Gasteiger partial charge in [-0.3, -0.25) is 4.79 Å². The molecule has 0 fully saturated rings. The Bertz CT molecular complexity index is 406. The fourth-order valence-corrected chi connectivity index (χ4v) is 1.84. The molecule has 80 valence electrons. The molecule has 15 heavy (non-hydrogen) atoms. The largest absolute Gasteiger partial charge is 0.372 e. The second-order valence-electron chi connectivity index (χ2n) is 3.64. The molecular formula is C11H13FN2O. The molecule has 1 atom stereocenters. The van der Waals surface area contributed by atoms with Crippen molar-refractivity contribution in [1.82, 2.24) is 0 Å². The summed E-state index contributed by atoms with van der Waals surface area (Å²) in [6, 6.07) is 4.53. The van der Waals surface area contributed by atoms with Crippen molar-refractivity contribution in [2.24, 2.45) is 0 Å². The number of nitrogens with zero attached hydrogens (tertiary/aromatic N) is 1. The number of nitrogens with one attached hydrogen (secondary N) is 1. The summed E-state index contributed by atoms with van der Waals surface area (Å²) in [6.45, 7) is 1.92. The number of rotatable bonds is 1. The van der Waals surface area contributed by atoms with Gasteiger partial charge in [0.15, 0.2) is 0 Å². The zero-order chi connectivity index (χ0) is 11.0. The van der Waals surface area contributed by atoms with Crippen molar-refractivity contribution in [3.8, 4) is 0 Å². The Hall–Kier alpha value is -1.58. The highest BCUT2D eigenvalue weighted by molar-refractivity contribution is 6.04. The van der Waals surface area contributed by atoms with Gasteiger partial charge < -0.3 is 10.2 Å². The minimum atomic E-state index is -0.370. The van der Waals surface area contributed by atoms with Gasteiger partial charge in [0.05, 0.1) is 5.69 Å². The molecule has 1 aliphatic heterocycles. The van der Waals surface area contributed by atoms with Crippen molar-refractivity contribution in [3.05, 3.63) is 24.0 Å². The summed E-state index contributed by atoms with van der Waals surface area (Å²) >= 11 is 0. The monoisotopic (exact) mass is 208 g/mol. The lowest BCUT2D eigenvalue weighted by atomic mass is 10.1. The smallest absolute Gasteiger partial charge is 0.249 e. The van der Waals surface area contributed by atoms with Gasteiger partial charge in [0.2, 0.25) is 5.91 Å². The Balaban J connectivity index is 2.50. The summed E-state index contributed by atoms with van der Waals surface area (Å²) in [6.07, 6.45) is 0.694. The van der Waals surface area contributed by atoms with Gasteiger partial charge in [0.25, 0.3) is 0 Å². The molecule has 0 radical (unpaired) electrons. The first-order valence-electron chi connectivity index (χ1n) is 4.97. The molecule has 0 aromatic heterocycles. The van der Waals surface area contributed by atoms with Crippen molar-refractivity contribution in [1.29, 1.82) is 0 Å². The molecule has 1 aliphatic rings. The molecule has 1 heterocycles. The predicted molar refractivity (Wildman–Crippen MR) is 57.5 cm³/mol. The molecule has 0 spiro atoms. The van der Waals surface area contributed by atoms with E-state index >= 15 is 0 Å². The highest BCUT2D eigenvalue weighted by Gasteiger charge is 2.30. The lowest BCUT2D eigenvalue weighted by Gasteiger charge is -2.32. The molecule has 1 amide bonds. The minimum absolute atomic E-state index is 0.0879. The molecular weight excluding hydrogens is 195 g/mol. The van der Waals surface area contributed by atoms with Crippen LogP contribution in [0.4, 0.5) is 15.8 Å².